The summed E-state index contributed by atoms with van der Waals surface area (Å²) < 4.78 is 0. The third kappa shape index (κ3) is 5.21. The highest BCUT2D eigenvalue weighted by Gasteiger charge is 2.09. The van der Waals surface area contributed by atoms with Gasteiger partial charge >= 0.3 is 0 Å². The molecule has 0 aromatic heterocycles. The van der Waals surface area contributed by atoms with Gasteiger partial charge in [-0.25, -0.2) is 0 Å². The number of rotatable bonds is 7. The molecular weight excluding hydrogens is 302 g/mol. The lowest BCUT2D eigenvalue weighted by atomic mass is 10.1. The molecule has 0 aliphatic carbocycles. The van der Waals surface area contributed by atoms with E-state index in [2.05, 4.69) is 16.0 Å². The maximum Gasteiger partial charge on any atom is 0.255 e. The topological polar surface area (TPSA) is 70.2 Å². The van der Waals surface area contributed by atoms with Gasteiger partial charge in [-0.1, -0.05) is 25.1 Å². The fourth-order valence-corrected chi connectivity index (χ4v) is 2.27. The summed E-state index contributed by atoms with van der Waals surface area (Å²) in [4.78, 5) is 24.2. The number of carbonyl (C=O) groups excluding carboxylic acids is 2. The first-order valence-electron chi connectivity index (χ1n) is 8.08. The van der Waals surface area contributed by atoms with E-state index >= 15 is 0 Å². The summed E-state index contributed by atoms with van der Waals surface area (Å²) in [6.07, 6.45) is 0. The lowest BCUT2D eigenvalue weighted by Gasteiger charge is -2.13. The molecule has 2 rings (SSSR count). The van der Waals surface area contributed by atoms with Gasteiger partial charge in [-0.05, 0) is 49.9 Å². The molecule has 0 saturated carbocycles. The van der Waals surface area contributed by atoms with Gasteiger partial charge in [0.25, 0.3) is 11.8 Å². The highest BCUT2D eigenvalue weighted by atomic mass is 16.2. The zero-order valence-electron chi connectivity index (χ0n) is 14.0. The van der Waals surface area contributed by atoms with Crippen molar-refractivity contribution >= 4 is 17.5 Å². The van der Waals surface area contributed by atoms with Crippen LogP contribution in [-0.2, 0) is 0 Å². The van der Waals surface area contributed by atoms with E-state index in [0.717, 1.165) is 6.54 Å². The number of nitrogens with one attached hydrogen (secondary N) is 3. The molecule has 24 heavy (non-hydrogen) atoms. The van der Waals surface area contributed by atoms with E-state index in [1.165, 1.54) is 0 Å². The van der Waals surface area contributed by atoms with Crippen molar-refractivity contribution in [3.8, 4) is 0 Å². The first-order chi connectivity index (χ1) is 11.6. The van der Waals surface area contributed by atoms with E-state index < -0.39 is 0 Å². The van der Waals surface area contributed by atoms with Crippen LogP contribution in [0.4, 0.5) is 5.69 Å². The quantitative estimate of drug-likeness (QED) is 0.733. The fourth-order valence-electron chi connectivity index (χ4n) is 2.27. The molecule has 0 radical (unpaired) electrons. The first-order valence-corrected chi connectivity index (χ1v) is 8.08. The maximum atomic E-state index is 12.1. The Morgan fingerprint density at radius 3 is 2.17 bits per heavy atom. The van der Waals surface area contributed by atoms with Crippen molar-refractivity contribution in [3.05, 3.63) is 65.7 Å². The second-order valence-electron chi connectivity index (χ2n) is 5.57. The second-order valence-corrected chi connectivity index (χ2v) is 5.57. The Hall–Kier alpha value is -2.66. The predicted molar refractivity (Wildman–Crippen MR) is 96.3 cm³/mol. The minimum absolute atomic E-state index is 0.124. The minimum Gasteiger partial charge on any atom is -0.350 e. The number of amides is 2. The number of anilines is 1. The predicted octanol–water partition coefficient (Wildman–Crippen LogP) is 2.67. The Morgan fingerprint density at radius 1 is 0.917 bits per heavy atom. The molecule has 0 saturated heterocycles. The first kappa shape index (κ1) is 17.7. The number of carbonyl (C=O) groups is 2. The van der Waals surface area contributed by atoms with Crippen LogP contribution in [0, 0.1) is 0 Å². The van der Waals surface area contributed by atoms with Gasteiger partial charge in [0, 0.05) is 29.4 Å². The summed E-state index contributed by atoms with van der Waals surface area (Å²) in [5.41, 5.74) is 1.81. The van der Waals surface area contributed by atoms with Crippen molar-refractivity contribution < 1.29 is 9.59 Å². The molecule has 5 nitrogen and oxygen atoms in total. The van der Waals surface area contributed by atoms with Crippen LogP contribution in [-0.4, -0.2) is 30.9 Å². The summed E-state index contributed by atoms with van der Waals surface area (Å²) in [6, 6.07) is 16.1. The molecule has 1 atom stereocenters. The van der Waals surface area contributed by atoms with Crippen molar-refractivity contribution in [2.45, 2.75) is 19.9 Å². The number of benzene rings is 2. The Labute approximate surface area is 142 Å². The van der Waals surface area contributed by atoms with Crippen LogP contribution in [0.15, 0.2) is 54.6 Å². The lowest BCUT2D eigenvalue weighted by Crippen LogP contribution is -2.38. The molecule has 0 spiro atoms. The van der Waals surface area contributed by atoms with Crippen LogP contribution in [0.5, 0.6) is 0 Å². The normalized spacial score (nSPS) is 11.6. The van der Waals surface area contributed by atoms with Crippen molar-refractivity contribution in [1.82, 2.24) is 10.6 Å². The van der Waals surface area contributed by atoms with E-state index in [1.54, 1.807) is 36.4 Å². The van der Waals surface area contributed by atoms with E-state index in [-0.39, 0.29) is 17.9 Å². The maximum absolute atomic E-state index is 12.1. The van der Waals surface area contributed by atoms with E-state index in [9.17, 15) is 9.59 Å². The summed E-state index contributed by atoms with van der Waals surface area (Å²) in [7, 11) is 0. The van der Waals surface area contributed by atoms with Crippen LogP contribution < -0.4 is 16.0 Å². The van der Waals surface area contributed by atoms with Gasteiger partial charge < -0.3 is 16.0 Å². The number of hydrogen-bond acceptors (Lipinski definition) is 3. The SMILES string of the molecule is CCN[C@H](C)CNC(=O)c1ccc(NC(=O)c2ccccc2)cc1. The van der Waals surface area contributed by atoms with Gasteiger partial charge in [0.1, 0.15) is 0 Å². The van der Waals surface area contributed by atoms with Crippen LogP contribution >= 0.6 is 0 Å². The van der Waals surface area contributed by atoms with Gasteiger partial charge in [-0.3, -0.25) is 9.59 Å². The molecule has 0 heterocycles. The van der Waals surface area contributed by atoms with Gasteiger partial charge in [0.05, 0.1) is 0 Å². The van der Waals surface area contributed by atoms with Crippen molar-refractivity contribution in [2.24, 2.45) is 0 Å². The average Bonchev–Trinajstić information content (AvgIpc) is 2.61. The highest BCUT2D eigenvalue weighted by molar-refractivity contribution is 6.04. The van der Waals surface area contributed by atoms with Crippen molar-refractivity contribution in [1.29, 1.82) is 0 Å². The van der Waals surface area contributed by atoms with Crippen molar-refractivity contribution in [3.63, 3.8) is 0 Å². The molecule has 3 N–H and O–H groups in total. The van der Waals surface area contributed by atoms with E-state index in [1.807, 2.05) is 32.0 Å². The zero-order valence-corrected chi connectivity index (χ0v) is 14.0. The van der Waals surface area contributed by atoms with Crippen LogP contribution in [0.2, 0.25) is 0 Å². The Kier molecular flexibility index (Phi) is 6.51. The molecule has 126 valence electrons. The minimum atomic E-state index is -0.174. The van der Waals surface area contributed by atoms with Crippen molar-refractivity contribution in [2.75, 3.05) is 18.4 Å². The fraction of sp³-hybridized carbons (Fsp3) is 0.263. The molecule has 0 bridgehead atoms. The van der Waals surface area contributed by atoms with Crippen LogP contribution in [0.25, 0.3) is 0 Å². The number of likely N-dealkylation sites (N-methyl/N-ethyl adjacent to an activating group) is 1. The van der Waals surface area contributed by atoms with Crippen LogP contribution in [0.3, 0.4) is 0 Å². The number of hydrogen-bond donors (Lipinski definition) is 3. The summed E-state index contributed by atoms with van der Waals surface area (Å²) >= 11 is 0. The Bertz CT molecular complexity index is 669. The largest absolute Gasteiger partial charge is 0.350 e. The molecule has 2 amide bonds. The second kappa shape index (κ2) is 8.84. The summed E-state index contributed by atoms with van der Waals surface area (Å²) in [6.45, 7) is 5.48. The Morgan fingerprint density at radius 2 is 1.54 bits per heavy atom. The summed E-state index contributed by atoms with van der Waals surface area (Å²) in [5, 5.41) is 8.93. The van der Waals surface area contributed by atoms with E-state index in [4.69, 9.17) is 0 Å². The molecule has 0 aliphatic heterocycles. The van der Waals surface area contributed by atoms with Gasteiger partial charge in [-0.15, -0.1) is 0 Å². The van der Waals surface area contributed by atoms with Gasteiger partial charge in [0.15, 0.2) is 0 Å². The molecule has 0 unspecified atom stereocenters. The molecular formula is C19H23N3O2. The van der Waals surface area contributed by atoms with Gasteiger partial charge in [-0.2, -0.15) is 0 Å². The van der Waals surface area contributed by atoms with Gasteiger partial charge in [0.2, 0.25) is 0 Å². The smallest absolute Gasteiger partial charge is 0.255 e. The molecule has 2 aromatic rings. The monoisotopic (exact) mass is 325 g/mol. The Balaban J connectivity index is 1.90. The molecule has 0 fully saturated rings. The average molecular weight is 325 g/mol. The third-order valence-corrected chi connectivity index (χ3v) is 3.56. The standard InChI is InChI=1S/C19H23N3O2/c1-3-20-14(2)13-21-18(23)16-9-11-17(12-10-16)22-19(24)15-7-5-4-6-8-15/h4-12,14,20H,3,13H2,1-2H3,(H,21,23)(H,22,24)/t14-/m1/s1. The lowest BCUT2D eigenvalue weighted by molar-refractivity contribution is 0.0949. The summed E-state index contributed by atoms with van der Waals surface area (Å²) in [5.74, 6) is -0.298. The third-order valence-electron chi connectivity index (χ3n) is 3.56. The van der Waals surface area contributed by atoms with Crippen LogP contribution in [0.1, 0.15) is 34.6 Å². The zero-order chi connectivity index (χ0) is 17.4. The van der Waals surface area contributed by atoms with E-state index in [0.29, 0.717) is 23.4 Å². The molecule has 5 heteroatoms. The molecule has 0 aliphatic rings. The molecule has 2 aromatic carbocycles. The highest BCUT2D eigenvalue weighted by Crippen LogP contribution is 2.11.